The molecule has 1 aromatic heterocycles. The number of carbonyl (C=O) groups is 2. The molecular formula is C11H14ClNO4. The molecule has 0 fully saturated rings. The number of rotatable bonds is 4. The maximum absolute atomic E-state index is 11.8. The van der Waals surface area contributed by atoms with E-state index in [4.69, 9.17) is 16.0 Å². The fourth-order valence-corrected chi connectivity index (χ4v) is 1.53. The monoisotopic (exact) mass is 259 g/mol. The molecule has 0 radical (unpaired) electrons. The average Bonchev–Trinajstić information content (AvgIpc) is 2.73. The maximum Gasteiger partial charge on any atom is 0.310 e. The normalized spacial score (nSPS) is 12.0. The summed E-state index contributed by atoms with van der Waals surface area (Å²) in [6.45, 7) is 1.94. The van der Waals surface area contributed by atoms with Gasteiger partial charge in [0.15, 0.2) is 11.0 Å². The predicted octanol–water partition coefficient (Wildman–Crippen LogP) is 1.81. The van der Waals surface area contributed by atoms with E-state index >= 15 is 0 Å². The molecule has 0 aliphatic carbocycles. The summed E-state index contributed by atoms with van der Waals surface area (Å²) in [7, 11) is 2.89. The molecule has 0 saturated carbocycles. The third-order valence-corrected chi connectivity index (χ3v) is 2.49. The van der Waals surface area contributed by atoms with Gasteiger partial charge >= 0.3 is 5.97 Å². The zero-order chi connectivity index (χ0) is 13.0. The molecule has 0 saturated heterocycles. The van der Waals surface area contributed by atoms with E-state index in [1.165, 1.54) is 24.1 Å². The van der Waals surface area contributed by atoms with Crippen LogP contribution in [0.4, 0.5) is 0 Å². The molecule has 1 aromatic rings. The number of esters is 1. The molecule has 17 heavy (non-hydrogen) atoms. The van der Waals surface area contributed by atoms with Gasteiger partial charge < -0.3 is 14.1 Å². The van der Waals surface area contributed by atoms with Crippen LogP contribution in [0.5, 0.6) is 0 Å². The zero-order valence-corrected chi connectivity index (χ0v) is 10.7. The number of halogens is 1. The molecule has 0 bridgehead atoms. The minimum Gasteiger partial charge on any atom is -0.469 e. The third kappa shape index (κ3) is 3.49. The average molecular weight is 260 g/mol. The summed E-state index contributed by atoms with van der Waals surface area (Å²) in [5.74, 6) is -0.927. The van der Waals surface area contributed by atoms with Crippen molar-refractivity contribution in [2.45, 2.75) is 6.92 Å². The van der Waals surface area contributed by atoms with E-state index in [0.717, 1.165) is 0 Å². The minimum absolute atomic E-state index is 0.148. The summed E-state index contributed by atoms with van der Waals surface area (Å²) in [5, 5.41) is 0.155. The van der Waals surface area contributed by atoms with E-state index in [-0.39, 0.29) is 35.3 Å². The van der Waals surface area contributed by atoms with Crippen LogP contribution in [0.25, 0.3) is 0 Å². The Balaban J connectivity index is 2.62. The number of methoxy groups -OCH3 is 1. The first kappa shape index (κ1) is 13.6. The highest BCUT2D eigenvalue weighted by Crippen LogP contribution is 2.15. The Hall–Kier alpha value is -1.49. The fourth-order valence-electron chi connectivity index (χ4n) is 1.39. The summed E-state index contributed by atoms with van der Waals surface area (Å²) in [6, 6.07) is 2.98. The Labute approximate surface area is 104 Å². The number of carbonyl (C=O) groups excluding carboxylic acids is 2. The van der Waals surface area contributed by atoms with Crippen LogP contribution < -0.4 is 0 Å². The maximum atomic E-state index is 11.8. The van der Waals surface area contributed by atoms with Gasteiger partial charge in [0, 0.05) is 13.6 Å². The van der Waals surface area contributed by atoms with Gasteiger partial charge in [-0.05, 0) is 23.7 Å². The first-order chi connectivity index (χ1) is 7.95. The molecule has 1 heterocycles. The summed E-state index contributed by atoms with van der Waals surface area (Å²) in [4.78, 5) is 24.4. The van der Waals surface area contributed by atoms with E-state index in [2.05, 4.69) is 4.74 Å². The van der Waals surface area contributed by atoms with E-state index in [0.29, 0.717) is 0 Å². The van der Waals surface area contributed by atoms with Gasteiger partial charge in [0.05, 0.1) is 13.0 Å². The molecule has 1 amide bonds. The lowest BCUT2D eigenvalue weighted by Gasteiger charge is -2.19. The second kappa shape index (κ2) is 5.72. The van der Waals surface area contributed by atoms with Gasteiger partial charge in [0.1, 0.15) is 0 Å². The molecule has 0 spiro atoms. The van der Waals surface area contributed by atoms with E-state index < -0.39 is 0 Å². The molecule has 6 heteroatoms. The lowest BCUT2D eigenvalue weighted by atomic mass is 10.1. The van der Waals surface area contributed by atoms with Gasteiger partial charge in [0.2, 0.25) is 0 Å². The molecular weight excluding hydrogens is 246 g/mol. The highest BCUT2D eigenvalue weighted by molar-refractivity contribution is 6.29. The van der Waals surface area contributed by atoms with E-state index in [1.54, 1.807) is 14.0 Å². The third-order valence-electron chi connectivity index (χ3n) is 2.28. The van der Waals surface area contributed by atoms with Crippen LogP contribution in [0, 0.1) is 5.92 Å². The molecule has 0 N–H and O–H groups in total. The van der Waals surface area contributed by atoms with Crippen molar-refractivity contribution in [2.75, 3.05) is 20.7 Å². The SMILES string of the molecule is COC(=O)C(C)CN(C)C(=O)c1ccc(Cl)o1. The van der Waals surface area contributed by atoms with Gasteiger partial charge in [-0.2, -0.15) is 0 Å². The van der Waals surface area contributed by atoms with Crippen LogP contribution in [-0.4, -0.2) is 37.5 Å². The first-order valence-corrected chi connectivity index (χ1v) is 5.42. The van der Waals surface area contributed by atoms with Gasteiger partial charge in [0.25, 0.3) is 5.91 Å². The molecule has 0 aliphatic heterocycles. The van der Waals surface area contributed by atoms with E-state index in [1.807, 2.05) is 0 Å². The molecule has 5 nitrogen and oxygen atoms in total. The lowest BCUT2D eigenvalue weighted by Crippen LogP contribution is -2.33. The van der Waals surface area contributed by atoms with Crippen molar-refractivity contribution >= 4 is 23.5 Å². The fraction of sp³-hybridized carbons (Fsp3) is 0.455. The van der Waals surface area contributed by atoms with Crippen molar-refractivity contribution in [1.82, 2.24) is 4.90 Å². The minimum atomic E-state index is -0.389. The van der Waals surface area contributed by atoms with Gasteiger partial charge in [-0.3, -0.25) is 9.59 Å². The Morgan fingerprint density at radius 1 is 1.53 bits per heavy atom. The quantitative estimate of drug-likeness (QED) is 0.774. The first-order valence-electron chi connectivity index (χ1n) is 5.04. The molecule has 0 aliphatic rings. The zero-order valence-electron chi connectivity index (χ0n) is 9.90. The van der Waals surface area contributed by atoms with Crippen molar-refractivity contribution in [3.8, 4) is 0 Å². The van der Waals surface area contributed by atoms with Crippen LogP contribution in [0.1, 0.15) is 17.5 Å². The predicted molar refractivity (Wildman–Crippen MR) is 61.9 cm³/mol. The van der Waals surface area contributed by atoms with Gasteiger partial charge in [-0.1, -0.05) is 6.92 Å². The van der Waals surface area contributed by atoms with Crippen LogP contribution in [0.2, 0.25) is 5.22 Å². The second-order valence-corrected chi connectivity index (χ2v) is 4.09. The number of nitrogens with zero attached hydrogens (tertiary/aromatic N) is 1. The van der Waals surface area contributed by atoms with E-state index in [9.17, 15) is 9.59 Å². The van der Waals surface area contributed by atoms with Crippen molar-refractivity contribution in [3.63, 3.8) is 0 Å². The molecule has 94 valence electrons. The van der Waals surface area contributed by atoms with Crippen molar-refractivity contribution < 1.29 is 18.7 Å². The van der Waals surface area contributed by atoms with Crippen molar-refractivity contribution in [2.24, 2.45) is 5.92 Å². The molecule has 1 rings (SSSR count). The van der Waals surface area contributed by atoms with Crippen LogP contribution in [0.3, 0.4) is 0 Å². The number of amides is 1. The molecule has 1 atom stereocenters. The number of hydrogen-bond acceptors (Lipinski definition) is 4. The number of furan rings is 1. The smallest absolute Gasteiger partial charge is 0.310 e. The number of ether oxygens (including phenoxy) is 1. The highest BCUT2D eigenvalue weighted by Gasteiger charge is 2.21. The summed E-state index contributed by atoms with van der Waals surface area (Å²) in [5.41, 5.74) is 0. The van der Waals surface area contributed by atoms with Crippen molar-refractivity contribution in [3.05, 3.63) is 23.1 Å². The molecule has 1 unspecified atom stereocenters. The Bertz CT molecular complexity index is 415. The summed E-state index contributed by atoms with van der Waals surface area (Å²) >= 11 is 5.58. The van der Waals surface area contributed by atoms with Gasteiger partial charge in [-0.25, -0.2) is 0 Å². The molecule has 0 aromatic carbocycles. The van der Waals surface area contributed by atoms with Crippen molar-refractivity contribution in [1.29, 1.82) is 0 Å². The lowest BCUT2D eigenvalue weighted by molar-refractivity contribution is -0.145. The summed E-state index contributed by atoms with van der Waals surface area (Å²) < 4.78 is 9.57. The largest absolute Gasteiger partial charge is 0.469 e. The van der Waals surface area contributed by atoms with Crippen LogP contribution in [-0.2, 0) is 9.53 Å². The van der Waals surface area contributed by atoms with Crippen LogP contribution >= 0.6 is 11.6 Å². The second-order valence-electron chi connectivity index (χ2n) is 3.71. The number of hydrogen-bond donors (Lipinski definition) is 0. The topological polar surface area (TPSA) is 59.8 Å². The Morgan fingerprint density at radius 2 is 2.18 bits per heavy atom. The Kier molecular flexibility index (Phi) is 4.57. The highest BCUT2D eigenvalue weighted by atomic mass is 35.5. The summed E-state index contributed by atoms with van der Waals surface area (Å²) in [6.07, 6.45) is 0. The van der Waals surface area contributed by atoms with Gasteiger partial charge in [-0.15, -0.1) is 0 Å². The Morgan fingerprint density at radius 3 is 2.65 bits per heavy atom. The van der Waals surface area contributed by atoms with Crippen LogP contribution in [0.15, 0.2) is 16.5 Å². The standard InChI is InChI=1S/C11H14ClNO4/c1-7(11(15)16-3)6-13(2)10(14)8-4-5-9(12)17-8/h4-5,7H,6H2,1-3H3.